The minimum absolute atomic E-state index is 1.69. The number of aliphatic hydroxyl groups is 1. The van der Waals surface area contributed by atoms with E-state index in [-0.39, 0.29) is 0 Å². The Morgan fingerprint density at radius 3 is 2.12 bits per heavy atom. The van der Waals surface area contributed by atoms with Crippen LogP contribution in [0.1, 0.15) is 0 Å². The van der Waals surface area contributed by atoms with Crippen molar-refractivity contribution in [1.29, 1.82) is 0 Å². The summed E-state index contributed by atoms with van der Waals surface area (Å²) in [4.78, 5) is 32.2. The maximum atomic E-state index is 10.9. The van der Waals surface area contributed by atoms with Gasteiger partial charge < -0.3 is 5.11 Å². The molecule has 1 rings (SSSR count). The summed E-state index contributed by atoms with van der Waals surface area (Å²) < 4.78 is 28.0. The van der Waals surface area contributed by atoms with Crippen molar-refractivity contribution in [1.82, 2.24) is 0 Å². The minimum atomic E-state index is -4.92. The summed E-state index contributed by atoms with van der Waals surface area (Å²) in [6.45, 7) is 0. The topological polar surface area (TPSA) is 155 Å². The van der Waals surface area contributed by atoms with Gasteiger partial charge in [0.05, 0.1) is 0 Å². The molecule has 0 unspecified atom stereocenters. The Balaban J connectivity index is 2.95. The Labute approximate surface area is 87.1 Å². The third-order valence-corrected chi connectivity index (χ3v) is 1.74. The van der Waals surface area contributed by atoms with Crippen molar-refractivity contribution in [3.63, 3.8) is 0 Å². The molecule has 1 fully saturated rings. The number of carbonyl (C=O) groups is 2. The van der Waals surface area contributed by atoms with Gasteiger partial charge in [0, 0.05) is 0 Å². The lowest BCUT2D eigenvalue weighted by atomic mass is 10.2. The number of hydrogen-bond donors (Lipinski definition) is 2. The molecule has 0 saturated carbocycles. The van der Waals surface area contributed by atoms with E-state index in [9.17, 15) is 18.0 Å². The average molecular weight is 260 g/mol. The van der Waals surface area contributed by atoms with Gasteiger partial charge in [-0.05, 0) is 8.67 Å². The highest BCUT2D eigenvalue weighted by Gasteiger charge is 2.41. The Kier molecular flexibility index (Phi) is 3.74. The van der Waals surface area contributed by atoms with E-state index in [1.165, 1.54) is 0 Å². The zero-order chi connectivity index (χ0) is 12.3. The van der Waals surface area contributed by atoms with E-state index in [0.29, 0.717) is 0 Å². The lowest BCUT2D eigenvalue weighted by Crippen LogP contribution is -2.42. The predicted octanol–water partition coefficient (Wildman–Crippen LogP) is -2.59. The third kappa shape index (κ3) is 2.84. The Bertz CT molecular complexity index is 383. The second kappa shape index (κ2) is 4.69. The van der Waals surface area contributed by atoms with Crippen LogP contribution in [0.4, 0.5) is 0 Å². The van der Waals surface area contributed by atoms with Gasteiger partial charge in [-0.3, -0.25) is 15.0 Å². The lowest BCUT2D eigenvalue weighted by Gasteiger charge is -2.11. The molecule has 0 spiro atoms. The van der Waals surface area contributed by atoms with Gasteiger partial charge in [-0.15, -0.1) is 0 Å². The monoisotopic (exact) mass is 260 g/mol. The van der Waals surface area contributed by atoms with Crippen molar-refractivity contribution in [2.24, 2.45) is 0 Å². The van der Waals surface area contributed by atoms with Crippen LogP contribution in [0, 0.1) is 0 Å². The van der Waals surface area contributed by atoms with Gasteiger partial charge in [-0.2, -0.15) is 8.42 Å². The van der Waals surface area contributed by atoms with Crippen LogP contribution < -0.4 is 0 Å². The molecule has 92 valence electrons. The number of hydrogen-bond acceptors (Lipinski definition) is 11. The molecule has 0 radical (unpaired) electrons. The summed E-state index contributed by atoms with van der Waals surface area (Å²) in [5.74, 6) is -3.41. The second-order valence-electron chi connectivity index (χ2n) is 2.32. The van der Waals surface area contributed by atoms with Crippen molar-refractivity contribution in [2.45, 2.75) is 12.2 Å². The molecule has 16 heavy (non-hydrogen) atoms. The molecule has 1 aliphatic heterocycles. The van der Waals surface area contributed by atoms with Crippen LogP contribution in [0.25, 0.3) is 0 Å². The highest BCUT2D eigenvalue weighted by atomic mass is 32.3. The van der Waals surface area contributed by atoms with E-state index >= 15 is 0 Å². The average Bonchev–Trinajstić information content (AvgIpc) is 2.26. The molecule has 0 aromatic carbocycles. The van der Waals surface area contributed by atoms with E-state index in [2.05, 4.69) is 23.3 Å². The third-order valence-electron chi connectivity index (χ3n) is 1.27. The summed E-state index contributed by atoms with van der Waals surface area (Å²) in [6, 6.07) is 0. The summed E-state index contributed by atoms with van der Waals surface area (Å²) in [5.41, 5.74) is 0. The molecule has 2 N–H and O–H groups in total. The molecule has 2 atom stereocenters. The lowest BCUT2D eigenvalue weighted by molar-refractivity contribution is -0.306. The fraction of sp³-hybridized carbons (Fsp3) is 0.500. The quantitative estimate of drug-likeness (QED) is 0.376. The van der Waals surface area contributed by atoms with Gasteiger partial charge in [0.2, 0.25) is 6.10 Å². The van der Waals surface area contributed by atoms with Crippen molar-refractivity contribution >= 4 is 22.3 Å². The van der Waals surface area contributed by atoms with Gasteiger partial charge in [0.25, 0.3) is 0 Å². The molecular formula is C4H4O11S. The first-order chi connectivity index (χ1) is 7.37. The summed E-state index contributed by atoms with van der Waals surface area (Å²) >= 11 is 0. The summed E-state index contributed by atoms with van der Waals surface area (Å²) in [6.07, 6.45) is -4.61. The van der Waals surface area contributed by atoms with Crippen LogP contribution in [-0.2, 0) is 43.3 Å². The fourth-order valence-corrected chi connectivity index (χ4v) is 0.935. The SMILES string of the molecule is O=C1OOS(=O)(=O)OOC(=O)[C@H](OO)[C@H]1O. The molecule has 0 aromatic rings. The Morgan fingerprint density at radius 1 is 1.12 bits per heavy atom. The number of rotatable bonds is 1. The van der Waals surface area contributed by atoms with Crippen LogP contribution in [-0.4, -0.2) is 42.9 Å². The first-order valence-electron chi connectivity index (χ1n) is 3.40. The fourth-order valence-electron chi connectivity index (χ4n) is 0.612. The van der Waals surface area contributed by atoms with Gasteiger partial charge in [-0.1, -0.05) is 0 Å². The maximum absolute atomic E-state index is 10.9. The van der Waals surface area contributed by atoms with Crippen LogP contribution in [0.2, 0.25) is 0 Å². The van der Waals surface area contributed by atoms with E-state index in [4.69, 9.17) is 10.4 Å². The zero-order valence-corrected chi connectivity index (χ0v) is 7.95. The van der Waals surface area contributed by atoms with Crippen molar-refractivity contribution in [3.05, 3.63) is 0 Å². The first-order valence-corrected chi connectivity index (χ1v) is 4.74. The van der Waals surface area contributed by atoms with Crippen LogP contribution >= 0.6 is 0 Å². The maximum Gasteiger partial charge on any atom is 0.471 e. The predicted molar refractivity (Wildman–Crippen MR) is 36.8 cm³/mol. The molecule has 12 heteroatoms. The molecule has 0 aliphatic carbocycles. The summed E-state index contributed by atoms with van der Waals surface area (Å²) in [7, 11) is -4.92. The molecule has 1 saturated heterocycles. The minimum Gasteiger partial charge on any atom is -0.378 e. The highest BCUT2D eigenvalue weighted by molar-refractivity contribution is 7.81. The van der Waals surface area contributed by atoms with E-state index < -0.39 is 34.5 Å². The van der Waals surface area contributed by atoms with Gasteiger partial charge in [0.15, 0.2) is 6.10 Å². The zero-order valence-electron chi connectivity index (χ0n) is 7.13. The largest absolute Gasteiger partial charge is 0.471 e. The van der Waals surface area contributed by atoms with E-state index in [0.717, 1.165) is 0 Å². The van der Waals surface area contributed by atoms with Crippen LogP contribution in [0.15, 0.2) is 0 Å². The molecular weight excluding hydrogens is 256 g/mol. The first kappa shape index (κ1) is 12.8. The smallest absolute Gasteiger partial charge is 0.378 e. The van der Waals surface area contributed by atoms with Crippen molar-refractivity contribution in [3.8, 4) is 0 Å². The number of aliphatic hydroxyl groups excluding tert-OH is 1. The van der Waals surface area contributed by atoms with Crippen molar-refractivity contribution < 1.29 is 51.7 Å². The molecule has 1 aliphatic rings. The van der Waals surface area contributed by atoms with Gasteiger partial charge in [-0.25, -0.2) is 14.5 Å². The number of carbonyl (C=O) groups excluding carboxylic acids is 2. The second-order valence-corrected chi connectivity index (χ2v) is 3.41. The molecule has 1 heterocycles. The molecule has 0 aromatic heterocycles. The Hall–Kier alpha value is -1.31. The Morgan fingerprint density at radius 2 is 1.62 bits per heavy atom. The van der Waals surface area contributed by atoms with E-state index in [1.807, 2.05) is 0 Å². The molecule has 0 bridgehead atoms. The highest BCUT2D eigenvalue weighted by Crippen LogP contribution is 2.10. The summed E-state index contributed by atoms with van der Waals surface area (Å²) in [5, 5.41) is 17.2. The molecule has 11 nitrogen and oxygen atoms in total. The normalized spacial score (nSPS) is 30.6. The van der Waals surface area contributed by atoms with E-state index in [1.54, 1.807) is 0 Å². The van der Waals surface area contributed by atoms with Crippen LogP contribution in [0.5, 0.6) is 0 Å². The van der Waals surface area contributed by atoms with Crippen LogP contribution in [0.3, 0.4) is 0 Å². The van der Waals surface area contributed by atoms with Crippen molar-refractivity contribution in [2.75, 3.05) is 0 Å². The van der Waals surface area contributed by atoms with Gasteiger partial charge >= 0.3 is 22.3 Å². The standard InChI is InChI=1S/C4H4O11S/c5-1-2(11-8)4(7)13-15-16(9,10)14-12-3(1)6/h1-2,5,8H/t1-,2-/m1/s1. The molecule has 0 amide bonds. The van der Waals surface area contributed by atoms with Gasteiger partial charge in [0.1, 0.15) is 0 Å².